The summed E-state index contributed by atoms with van der Waals surface area (Å²) in [6.07, 6.45) is -1.65. The molecule has 0 aliphatic rings. The Morgan fingerprint density at radius 2 is 1.75 bits per heavy atom. The van der Waals surface area contributed by atoms with E-state index in [0.717, 1.165) is 38.9 Å². The summed E-state index contributed by atoms with van der Waals surface area (Å²) in [5.41, 5.74) is 0. The second-order valence-corrected chi connectivity index (χ2v) is 4.13. The summed E-state index contributed by atoms with van der Waals surface area (Å²) >= 11 is 0. The van der Waals surface area contributed by atoms with Crippen LogP contribution in [0.25, 0.3) is 0 Å². The molecule has 0 spiro atoms. The van der Waals surface area contributed by atoms with Crippen LogP contribution < -0.4 is 5.32 Å². The number of halogens is 3. The first-order valence-corrected chi connectivity index (χ1v) is 5.91. The fraction of sp³-hybridized carbons (Fsp3) is 1.00. The Hall–Kier alpha value is -0.290. The van der Waals surface area contributed by atoms with Crippen molar-refractivity contribution in [3.63, 3.8) is 0 Å². The molecule has 0 rings (SSSR count). The summed E-state index contributed by atoms with van der Waals surface area (Å²) in [5, 5.41) is 3.27. The van der Waals surface area contributed by atoms with Crippen molar-refractivity contribution in [2.75, 3.05) is 33.2 Å². The lowest BCUT2D eigenvalue weighted by atomic mass is 10.3. The normalized spacial score (nSPS) is 12.4. The Bertz CT molecular complexity index is 160. The number of alkyl halides is 3. The van der Waals surface area contributed by atoms with Crippen LogP contribution in [0.2, 0.25) is 0 Å². The number of nitrogens with zero attached hydrogens (tertiary/aromatic N) is 1. The van der Waals surface area contributed by atoms with E-state index in [1.807, 2.05) is 0 Å². The minimum atomic E-state index is -4.03. The van der Waals surface area contributed by atoms with Crippen molar-refractivity contribution >= 4 is 0 Å². The first kappa shape index (κ1) is 15.7. The highest BCUT2D eigenvalue weighted by molar-refractivity contribution is 4.58. The van der Waals surface area contributed by atoms with Crippen molar-refractivity contribution in [3.8, 4) is 0 Å². The summed E-state index contributed by atoms with van der Waals surface area (Å²) in [6.45, 7) is 4.93. The van der Waals surface area contributed by atoms with Gasteiger partial charge in [0.1, 0.15) is 0 Å². The average molecular weight is 240 g/mol. The quantitative estimate of drug-likeness (QED) is 0.623. The summed E-state index contributed by atoms with van der Waals surface area (Å²) in [6, 6.07) is 0. The van der Waals surface area contributed by atoms with Crippen LogP contribution >= 0.6 is 0 Å². The molecule has 0 aromatic heterocycles. The van der Waals surface area contributed by atoms with E-state index >= 15 is 0 Å². The summed E-state index contributed by atoms with van der Waals surface area (Å²) in [7, 11) is 1.74. The van der Waals surface area contributed by atoms with Gasteiger partial charge >= 0.3 is 6.18 Å². The van der Waals surface area contributed by atoms with Crippen LogP contribution in [-0.2, 0) is 0 Å². The SMILES string of the molecule is CCCNCCCCN(C)CCC(F)(F)F. The standard InChI is InChI=1S/C11H23F3N2/c1-3-7-15-8-4-5-9-16(2)10-6-11(12,13)14/h15H,3-10H2,1-2H3. The van der Waals surface area contributed by atoms with Gasteiger partial charge in [0.25, 0.3) is 0 Å². The molecule has 0 aromatic rings. The first-order chi connectivity index (χ1) is 7.45. The third-order valence-corrected chi connectivity index (χ3v) is 2.35. The zero-order chi connectivity index (χ0) is 12.4. The highest BCUT2D eigenvalue weighted by Gasteiger charge is 2.26. The fourth-order valence-electron chi connectivity index (χ4n) is 1.36. The first-order valence-electron chi connectivity index (χ1n) is 5.91. The molecule has 0 aliphatic heterocycles. The molecule has 16 heavy (non-hydrogen) atoms. The van der Waals surface area contributed by atoms with Gasteiger partial charge in [0, 0.05) is 6.54 Å². The lowest BCUT2D eigenvalue weighted by molar-refractivity contribution is -0.137. The van der Waals surface area contributed by atoms with Crippen LogP contribution in [0.5, 0.6) is 0 Å². The molecule has 0 heterocycles. The molecule has 2 nitrogen and oxygen atoms in total. The van der Waals surface area contributed by atoms with Crippen molar-refractivity contribution in [2.24, 2.45) is 0 Å². The van der Waals surface area contributed by atoms with E-state index in [2.05, 4.69) is 12.2 Å². The monoisotopic (exact) mass is 240 g/mol. The number of unbranched alkanes of at least 4 members (excludes halogenated alkanes) is 1. The number of hydrogen-bond donors (Lipinski definition) is 1. The van der Waals surface area contributed by atoms with Gasteiger partial charge in [-0.1, -0.05) is 6.92 Å². The summed E-state index contributed by atoms with van der Waals surface area (Å²) in [5.74, 6) is 0. The van der Waals surface area contributed by atoms with Crippen LogP contribution in [0.3, 0.4) is 0 Å². The molecular formula is C11H23F3N2. The van der Waals surface area contributed by atoms with Gasteiger partial charge in [0.2, 0.25) is 0 Å². The zero-order valence-electron chi connectivity index (χ0n) is 10.2. The maximum Gasteiger partial charge on any atom is 0.390 e. The maximum absolute atomic E-state index is 11.9. The third-order valence-electron chi connectivity index (χ3n) is 2.35. The molecule has 5 heteroatoms. The van der Waals surface area contributed by atoms with E-state index in [4.69, 9.17) is 0 Å². The largest absolute Gasteiger partial charge is 0.390 e. The van der Waals surface area contributed by atoms with Crippen molar-refractivity contribution in [2.45, 2.75) is 38.8 Å². The van der Waals surface area contributed by atoms with Crippen LogP contribution in [0.4, 0.5) is 13.2 Å². The van der Waals surface area contributed by atoms with Crippen LogP contribution in [0, 0.1) is 0 Å². The maximum atomic E-state index is 11.9. The van der Waals surface area contributed by atoms with E-state index in [9.17, 15) is 13.2 Å². The van der Waals surface area contributed by atoms with Gasteiger partial charge in [0.15, 0.2) is 0 Å². The number of hydrogen-bond acceptors (Lipinski definition) is 2. The van der Waals surface area contributed by atoms with Gasteiger partial charge in [-0.2, -0.15) is 13.2 Å². The topological polar surface area (TPSA) is 15.3 Å². The fourth-order valence-corrected chi connectivity index (χ4v) is 1.36. The molecule has 0 aliphatic carbocycles. The highest BCUT2D eigenvalue weighted by atomic mass is 19.4. The van der Waals surface area contributed by atoms with Crippen LogP contribution in [0.1, 0.15) is 32.6 Å². The summed E-state index contributed by atoms with van der Waals surface area (Å²) < 4.78 is 35.7. The minimum Gasteiger partial charge on any atom is -0.317 e. The van der Waals surface area contributed by atoms with Crippen molar-refractivity contribution in [3.05, 3.63) is 0 Å². The van der Waals surface area contributed by atoms with Gasteiger partial charge in [-0.15, -0.1) is 0 Å². The predicted molar refractivity (Wildman–Crippen MR) is 60.6 cm³/mol. The molecule has 0 unspecified atom stereocenters. The lowest BCUT2D eigenvalue weighted by Gasteiger charge is -2.17. The van der Waals surface area contributed by atoms with Crippen LogP contribution in [0.15, 0.2) is 0 Å². The van der Waals surface area contributed by atoms with Gasteiger partial charge in [-0.25, -0.2) is 0 Å². The van der Waals surface area contributed by atoms with Gasteiger partial charge in [0.05, 0.1) is 6.42 Å². The number of nitrogens with one attached hydrogen (secondary N) is 1. The second-order valence-electron chi connectivity index (χ2n) is 4.13. The second kappa shape index (κ2) is 8.82. The predicted octanol–water partition coefficient (Wildman–Crippen LogP) is 2.65. The van der Waals surface area contributed by atoms with E-state index in [0.29, 0.717) is 0 Å². The molecule has 1 N–H and O–H groups in total. The van der Waals surface area contributed by atoms with Crippen molar-refractivity contribution in [1.82, 2.24) is 10.2 Å². The molecule has 0 amide bonds. The molecule has 0 saturated heterocycles. The summed E-state index contributed by atoms with van der Waals surface area (Å²) in [4.78, 5) is 1.74. The zero-order valence-corrected chi connectivity index (χ0v) is 10.2. The Balaban J connectivity index is 3.27. The minimum absolute atomic E-state index is 0.103. The van der Waals surface area contributed by atoms with E-state index in [1.54, 1.807) is 11.9 Å². The van der Waals surface area contributed by atoms with E-state index in [-0.39, 0.29) is 6.54 Å². The van der Waals surface area contributed by atoms with Gasteiger partial charge in [-0.05, 0) is 45.9 Å². The van der Waals surface area contributed by atoms with Gasteiger partial charge < -0.3 is 10.2 Å². The Kier molecular flexibility index (Phi) is 8.66. The lowest BCUT2D eigenvalue weighted by Crippen LogP contribution is -2.26. The molecule has 0 saturated carbocycles. The Morgan fingerprint density at radius 1 is 1.06 bits per heavy atom. The number of rotatable bonds is 9. The van der Waals surface area contributed by atoms with E-state index < -0.39 is 12.6 Å². The highest BCUT2D eigenvalue weighted by Crippen LogP contribution is 2.19. The molecule has 0 bridgehead atoms. The van der Waals surface area contributed by atoms with E-state index in [1.165, 1.54) is 0 Å². The molecule has 0 aromatic carbocycles. The molecule has 0 atom stereocenters. The molecule has 0 fully saturated rings. The average Bonchev–Trinajstić information content (AvgIpc) is 2.19. The molecular weight excluding hydrogens is 217 g/mol. The van der Waals surface area contributed by atoms with Crippen LogP contribution in [-0.4, -0.2) is 44.3 Å². The molecule has 98 valence electrons. The van der Waals surface area contributed by atoms with Crippen molar-refractivity contribution in [1.29, 1.82) is 0 Å². The Morgan fingerprint density at radius 3 is 2.31 bits per heavy atom. The Labute approximate surface area is 96.2 Å². The third kappa shape index (κ3) is 11.8. The van der Waals surface area contributed by atoms with Gasteiger partial charge in [-0.3, -0.25) is 0 Å². The van der Waals surface area contributed by atoms with Crippen molar-refractivity contribution < 1.29 is 13.2 Å². The molecule has 0 radical (unpaired) electrons. The smallest absolute Gasteiger partial charge is 0.317 e.